The van der Waals surface area contributed by atoms with Crippen LogP contribution in [0.25, 0.3) is 0 Å². The van der Waals surface area contributed by atoms with Gasteiger partial charge >= 0.3 is 7.60 Å². The summed E-state index contributed by atoms with van der Waals surface area (Å²) in [5.74, 6) is 0. The van der Waals surface area contributed by atoms with Crippen LogP contribution in [0, 0.1) is 0 Å². The number of hydrogen-bond acceptors (Lipinski definition) is 3. The van der Waals surface area contributed by atoms with Crippen LogP contribution in [0.5, 0.6) is 0 Å². The highest BCUT2D eigenvalue weighted by molar-refractivity contribution is 7.54. The lowest BCUT2D eigenvalue weighted by atomic mass is 10.4. The Kier molecular flexibility index (Phi) is 4.43. The zero-order valence-corrected chi connectivity index (χ0v) is 9.39. The van der Waals surface area contributed by atoms with Gasteiger partial charge in [0.15, 0.2) is 0 Å². The van der Waals surface area contributed by atoms with Gasteiger partial charge in [-0.3, -0.25) is 4.57 Å². The van der Waals surface area contributed by atoms with Gasteiger partial charge in [0.1, 0.15) is 0 Å². The van der Waals surface area contributed by atoms with E-state index in [1.807, 2.05) is 13.8 Å². The van der Waals surface area contributed by atoms with Crippen LogP contribution in [-0.4, -0.2) is 18.9 Å². The van der Waals surface area contributed by atoms with E-state index < -0.39 is 7.60 Å². The minimum Gasteiger partial charge on any atom is -0.309 e. The molecule has 1 aliphatic carbocycles. The van der Waals surface area contributed by atoms with E-state index in [4.69, 9.17) is 9.05 Å². The van der Waals surface area contributed by atoms with Crippen LogP contribution in [0.15, 0.2) is 0 Å². The first-order valence-corrected chi connectivity index (χ1v) is 6.73. The monoisotopic (exact) mass is 206 g/mol. The van der Waals surface area contributed by atoms with E-state index in [2.05, 4.69) is 0 Å². The predicted molar refractivity (Wildman–Crippen MR) is 53.1 cm³/mol. The summed E-state index contributed by atoms with van der Waals surface area (Å²) < 4.78 is 22.7. The summed E-state index contributed by atoms with van der Waals surface area (Å²) in [4.78, 5) is 0. The lowest BCUT2D eigenvalue weighted by molar-refractivity contribution is 0.212. The van der Waals surface area contributed by atoms with Crippen molar-refractivity contribution in [1.29, 1.82) is 0 Å². The Hall–Kier alpha value is 0.150. The fourth-order valence-corrected chi connectivity index (χ4v) is 4.04. The first-order valence-electron chi connectivity index (χ1n) is 5.11. The summed E-state index contributed by atoms with van der Waals surface area (Å²) in [6.07, 6.45) is 4.32. The van der Waals surface area contributed by atoms with Gasteiger partial charge in [0.2, 0.25) is 0 Å². The summed E-state index contributed by atoms with van der Waals surface area (Å²) in [6.45, 7) is 4.68. The van der Waals surface area contributed by atoms with Crippen molar-refractivity contribution in [1.82, 2.24) is 0 Å². The van der Waals surface area contributed by atoms with Crippen LogP contribution in [0.4, 0.5) is 0 Å². The molecule has 1 aliphatic rings. The largest absolute Gasteiger partial charge is 0.333 e. The van der Waals surface area contributed by atoms with Crippen LogP contribution in [0.1, 0.15) is 39.5 Å². The summed E-state index contributed by atoms with van der Waals surface area (Å²) in [5.41, 5.74) is 0.160. The molecule has 0 aliphatic heterocycles. The van der Waals surface area contributed by atoms with Crippen molar-refractivity contribution in [2.75, 3.05) is 13.2 Å². The van der Waals surface area contributed by atoms with Crippen molar-refractivity contribution in [3.63, 3.8) is 0 Å². The van der Waals surface area contributed by atoms with Gasteiger partial charge in [-0.2, -0.15) is 0 Å². The minimum atomic E-state index is -2.77. The molecule has 78 valence electrons. The Labute approximate surface area is 80.3 Å². The zero-order chi connectivity index (χ0) is 9.73. The molecule has 0 heterocycles. The number of rotatable bonds is 5. The van der Waals surface area contributed by atoms with Crippen LogP contribution in [0.2, 0.25) is 0 Å². The van der Waals surface area contributed by atoms with Gasteiger partial charge in [0.05, 0.1) is 18.9 Å². The Morgan fingerprint density at radius 2 is 1.62 bits per heavy atom. The maximum atomic E-state index is 12.2. The van der Waals surface area contributed by atoms with Crippen LogP contribution < -0.4 is 0 Å². The fourth-order valence-electron chi connectivity index (χ4n) is 1.83. The van der Waals surface area contributed by atoms with Crippen molar-refractivity contribution in [2.24, 2.45) is 0 Å². The molecule has 0 radical (unpaired) electrons. The Bertz CT molecular complexity index is 177. The van der Waals surface area contributed by atoms with Crippen molar-refractivity contribution in [2.45, 2.75) is 45.2 Å². The van der Waals surface area contributed by atoms with E-state index >= 15 is 0 Å². The highest BCUT2D eigenvalue weighted by Gasteiger charge is 2.36. The van der Waals surface area contributed by atoms with E-state index in [0.29, 0.717) is 13.2 Å². The van der Waals surface area contributed by atoms with Crippen LogP contribution in [0.3, 0.4) is 0 Å². The maximum absolute atomic E-state index is 12.2. The fraction of sp³-hybridized carbons (Fsp3) is 1.00. The average molecular weight is 206 g/mol. The third-order valence-electron chi connectivity index (χ3n) is 2.39. The Morgan fingerprint density at radius 1 is 1.15 bits per heavy atom. The zero-order valence-electron chi connectivity index (χ0n) is 8.49. The molecule has 0 aromatic carbocycles. The first-order chi connectivity index (χ1) is 6.23. The van der Waals surface area contributed by atoms with Gasteiger partial charge in [-0.25, -0.2) is 0 Å². The van der Waals surface area contributed by atoms with E-state index in [-0.39, 0.29) is 5.66 Å². The van der Waals surface area contributed by atoms with Gasteiger partial charge in [-0.15, -0.1) is 0 Å². The molecule has 4 heteroatoms. The second-order valence-corrected chi connectivity index (χ2v) is 5.64. The summed E-state index contributed by atoms with van der Waals surface area (Å²) in [6, 6.07) is 0. The van der Waals surface area contributed by atoms with E-state index in [0.717, 1.165) is 25.7 Å². The molecule has 1 saturated carbocycles. The first kappa shape index (κ1) is 11.2. The molecule has 0 atom stereocenters. The molecule has 0 N–H and O–H groups in total. The lowest BCUT2D eigenvalue weighted by Gasteiger charge is -2.22. The quantitative estimate of drug-likeness (QED) is 0.648. The molecule has 0 amide bonds. The molecule has 0 saturated heterocycles. The van der Waals surface area contributed by atoms with Crippen molar-refractivity contribution < 1.29 is 13.6 Å². The summed E-state index contributed by atoms with van der Waals surface area (Å²) in [7, 11) is -2.77. The maximum Gasteiger partial charge on any atom is 0.333 e. The van der Waals surface area contributed by atoms with Gasteiger partial charge in [0.25, 0.3) is 0 Å². The lowest BCUT2D eigenvalue weighted by Crippen LogP contribution is -2.09. The highest BCUT2D eigenvalue weighted by Crippen LogP contribution is 2.58. The molecule has 0 bridgehead atoms. The second-order valence-electron chi connectivity index (χ2n) is 3.31. The third-order valence-corrected chi connectivity index (χ3v) is 5.04. The van der Waals surface area contributed by atoms with Crippen molar-refractivity contribution >= 4 is 7.60 Å². The van der Waals surface area contributed by atoms with Gasteiger partial charge in [-0.1, -0.05) is 12.8 Å². The highest BCUT2D eigenvalue weighted by atomic mass is 31.2. The molecule has 13 heavy (non-hydrogen) atoms. The van der Waals surface area contributed by atoms with Crippen molar-refractivity contribution in [3.05, 3.63) is 0 Å². The third kappa shape index (κ3) is 2.80. The topological polar surface area (TPSA) is 35.5 Å². The average Bonchev–Trinajstić information content (AvgIpc) is 2.57. The molecule has 0 aromatic rings. The molecule has 3 nitrogen and oxygen atoms in total. The molecule has 1 rings (SSSR count). The molecule has 0 spiro atoms. The molecular formula is C9H19O3P. The Morgan fingerprint density at radius 3 is 2.00 bits per heavy atom. The normalized spacial score (nSPS) is 19.5. The SMILES string of the molecule is CCOP(=O)(OCC)C1CCCC1. The molecule has 0 unspecified atom stereocenters. The Balaban J connectivity index is 2.58. The van der Waals surface area contributed by atoms with Gasteiger partial charge in [-0.05, 0) is 26.7 Å². The smallest absolute Gasteiger partial charge is 0.309 e. The van der Waals surface area contributed by atoms with E-state index in [9.17, 15) is 4.57 Å². The van der Waals surface area contributed by atoms with E-state index in [1.54, 1.807) is 0 Å². The predicted octanol–water partition coefficient (Wildman–Crippen LogP) is 3.20. The van der Waals surface area contributed by atoms with Crippen molar-refractivity contribution in [3.8, 4) is 0 Å². The summed E-state index contributed by atoms with van der Waals surface area (Å²) in [5, 5.41) is 0. The standard InChI is InChI=1S/C9H19O3P/c1-3-11-13(10,12-4-2)9-7-5-6-8-9/h9H,3-8H2,1-2H3. The summed E-state index contributed by atoms with van der Waals surface area (Å²) >= 11 is 0. The van der Waals surface area contributed by atoms with Crippen LogP contribution >= 0.6 is 7.60 Å². The van der Waals surface area contributed by atoms with Crippen LogP contribution in [-0.2, 0) is 13.6 Å². The van der Waals surface area contributed by atoms with Gasteiger partial charge < -0.3 is 9.05 Å². The molecule has 1 fully saturated rings. The second kappa shape index (κ2) is 5.14. The molecular weight excluding hydrogens is 187 g/mol. The van der Waals surface area contributed by atoms with E-state index in [1.165, 1.54) is 0 Å². The van der Waals surface area contributed by atoms with Gasteiger partial charge in [0, 0.05) is 0 Å². The molecule has 0 aromatic heterocycles. The number of hydrogen-bond donors (Lipinski definition) is 0. The minimum absolute atomic E-state index is 0.160.